The van der Waals surface area contributed by atoms with Crippen LogP contribution in [0.2, 0.25) is 0 Å². The van der Waals surface area contributed by atoms with E-state index in [9.17, 15) is 9.59 Å². The van der Waals surface area contributed by atoms with Crippen molar-refractivity contribution >= 4 is 17.7 Å². The van der Waals surface area contributed by atoms with Gasteiger partial charge in [-0.05, 0) is 25.7 Å². The second kappa shape index (κ2) is 6.36. The lowest BCUT2D eigenvalue weighted by atomic mass is 10.1. The number of nitrogens with one attached hydrogen (secondary N) is 1. The van der Waals surface area contributed by atoms with Crippen LogP contribution in [0.1, 0.15) is 36.5 Å². The van der Waals surface area contributed by atoms with Gasteiger partial charge in [0.15, 0.2) is 5.82 Å². The Balaban J connectivity index is 2.02. The summed E-state index contributed by atoms with van der Waals surface area (Å²) in [7, 11) is 1.69. The summed E-state index contributed by atoms with van der Waals surface area (Å²) in [6.07, 6.45) is 8.13. The van der Waals surface area contributed by atoms with Gasteiger partial charge < -0.3 is 10.1 Å². The van der Waals surface area contributed by atoms with Gasteiger partial charge in [0, 0.05) is 19.7 Å². The molecule has 1 N–H and O–H groups in total. The number of ether oxygens (including phenoxy) is 1. The normalized spacial score (nSPS) is 17.2. The van der Waals surface area contributed by atoms with Gasteiger partial charge in [-0.15, -0.1) is 0 Å². The van der Waals surface area contributed by atoms with Crippen molar-refractivity contribution in [2.24, 2.45) is 13.0 Å². The molecule has 1 aliphatic rings. The Morgan fingerprint density at radius 2 is 2.35 bits per heavy atom. The minimum atomic E-state index is -0.475. The zero-order chi connectivity index (χ0) is 14.5. The van der Waals surface area contributed by atoms with Crippen LogP contribution in [-0.4, -0.2) is 28.3 Å². The maximum absolute atomic E-state index is 12.0. The first-order valence-corrected chi connectivity index (χ1v) is 6.77. The highest BCUT2D eigenvalue weighted by Gasteiger charge is 2.20. The summed E-state index contributed by atoms with van der Waals surface area (Å²) in [6, 6.07) is 0. The number of aromatic nitrogens is 2. The molecule has 0 saturated heterocycles. The van der Waals surface area contributed by atoms with Crippen molar-refractivity contribution in [3.8, 4) is 0 Å². The lowest BCUT2D eigenvalue weighted by molar-refractivity contribution is -0.116. The monoisotopic (exact) mass is 277 g/mol. The summed E-state index contributed by atoms with van der Waals surface area (Å²) >= 11 is 0. The van der Waals surface area contributed by atoms with E-state index >= 15 is 0 Å². The molecule has 0 bridgehead atoms. The standard InChI is InChI=1S/C14H19N3O3/c1-3-20-14(19)11-9-17(2)16-13(11)15-12(18)8-10-6-4-5-7-10/h4,6,9-10H,3,5,7-8H2,1-2H3,(H,15,16,18)/t10-/m1/s1. The predicted molar refractivity (Wildman–Crippen MR) is 74.3 cm³/mol. The van der Waals surface area contributed by atoms with Crippen LogP contribution >= 0.6 is 0 Å². The number of hydrogen-bond donors (Lipinski definition) is 1. The zero-order valence-electron chi connectivity index (χ0n) is 11.8. The van der Waals surface area contributed by atoms with Gasteiger partial charge in [-0.25, -0.2) is 4.79 Å². The number of hydrogen-bond acceptors (Lipinski definition) is 4. The molecule has 108 valence electrons. The molecule has 1 atom stereocenters. The number of carbonyl (C=O) groups is 2. The van der Waals surface area contributed by atoms with Gasteiger partial charge in [-0.2, -0.15) is 5.10 Å². The van der Waals surface area contributed by atoms with Crippen molar-refractivity contribution in [1.82, 2.24) is 9.78 Å². The molecule has 6 heteroatoms. The maximum atomic E-state index is 12.0. The molecule has 1 aliphatic carbocycles. The summed E-state index contributed by atoms with van der Waals surface area (Å²) in [6.45, 7) is 2.02. The lowest BCUT2D eigenvalue weighted by Crippen LogP contribution is -2.17. The Hall–Kier alpha value is -2.11. The number of rotatable bonds is 5. The largest absolute Gasteiger partial charge is 0.462 e. The third kappa shape index (κ3) is 3.46. The van der Waals surface area contributed by atoms with Crippen LogP contribution in [0.5, 0.6) is 0 Å². The van der Waals surface area contributed by atoms with Gasteiger partial charge in [-0.3, -0.25) is 9.48 Å². The van der Waals surface area contributed by atoms with Crippen molar-refractivity contribution in [2.45, 2.75) is 26.2 Å². The van der Waals surface area contributed by atoms with Crippen molar-refractivity contribution in [2.75, 3.05) is 11.9 Å². The smallest absolute Gasteiger partial charge is 0.343 e. The molecule has 6 nitrogen and oxygen atoms in total. The van der Waals surface area contributed by atoms with E-state index in [1.165, 1.54) is 4.68 Å². The molecule has 2 rings (SSSR count). The van der Waals surface area contributed by atoms with Gasteiger partial charge in [0.25, 0.3) is 0 Å². The second-order valence-corrected chi connectivity index (χ2v) is 4.80. The van der Waals surface area contributed by atoms with Gasteiger partial charge in [0.05, 0.1) is 6.61 Å². The fraction of sp³-hybridized carbons (Fsp3) is 0.500. The Kier molecular flexibility index (Phi) is 4.55. The molecule has 0 aromatic carbocycles. The maximum Gasteiger partial charge on any atom is 0.343 e. The molecule has 0 fully saturated rings. The molecular formula is C14H19N3O3. The van der Waals surface area contributed by atoms with E-state index in [2.05, 4.69) is 22.6 Å². The number of anilines is 1. The van der Waals surface area contributed by atoms with Gasteiger partial charge in [0.2, 0.25) is 5.91 Å². The molecule has 0 spiro atoms. The summed E-state index contributed by atoms with van der Waals surface area (Å²) < 4.78 is 6.43. The molecule has 1 aromatic rings. The molecular weight excluding hydrogens is 258 g/mol. The average Bonchev–Trinajstić information content (AvgIpc) is 2.99. The minimum Gasteiger partial charge on any atom is -0.462 e. The lowest BCUT2D eigenvalue weighted by Gasteiger charge is -2.08. The quantitative estimate of drug-likeness (QED) is 0.659. The Morgan fingerprint density at radius 1 is 1.55 bits per heavy atom. The fourth-order valence-corrected chi connectivity index (χ4v) is 2.23. The van der Waals surface area contributed by atoms with Crippen LogP contribution in [0.15, 0.2) is 18.3 Å². The number of amides is 1. The van der Waals surface area contributed by atoms with E-state index in [4.69, 9.17) is 4.74 Å². The molecule has 1 amide bonds. The molecule has 1 heterocycles. The van der Waals surface area contributed by atoms with Crippen LogP contribution in [-0.2, 0) is 16.6 Å². The van der Waals surface area contributed by atoms with E-state index in [1.807, 2.05) is 0 Å². The number of allylic oxidation sites excluding steroid dienone is 2. The van der Waals surface area contributed by atoms with Crippen molar-refractivity contribution in [3.63, 3.8) is 0 Å². The summed E-state index contributed by atoms with van der Waals surface area (Å²) in [4.78, 5) is 23.7. The van der Waals surface area contributed by atoms with Crippen LogP contribution in [0.25, 0.3) is 0 Å². The van der Waals surface area contributed by atoms with E-state index < -0.39 is 5.97 Å². The zero-order valence-corrected chi connectivity index (χ0v) is 11.8. The second-order valence-electron chi connectivity index (χ2n) is 4.80. The van der Waals surface area contributed by atoms with Crippen LogP contribution in [0, 0.1) is 5.92 Å². The highest BCUT2D eigenvalue weighted by atomic mass is 16.5. The summed E-state index contributed by atoms with van der Waals surface area (Å²) in [5.41, 5.74) is 0.282. The summed E-state index contributed by atoms with van der Waals surface area (Å²) in [5, 5.41) is 6.79. The van der Waals surface area contributed by atoms with Crippen molar-refractivity contribution in [3.05, 3.63) is 23.9 Å². The first kappa shape index (κ1) is 14.3. The van der Waals surface area contributed by atoms with E-state index in [-0.39, 0.29) is 29.8 Å². The first-order valence-electron chi connectivity index (χ1n) is 6.77. The van der Waals surface area contributed by atoms with E-state index in [1.54, 1.807) is 20.2 Å². The number of carbonyl (C=O) groups excluding carboxylic acids is 2. The number of aryl methyl sites for hydroxylation is 1. The fourth-order valence-electron chi connectivity index (χ4n) is 2.23. The highest BCUT2D eigenvalue weighted by Crippen LogP contribution is 2.21. The molecule has 0 unspecified atom stereocenters. The summed E-state index contributed by atoms with van der Waals surface area (Å²) in [5.74, 6) is -0.0647. The molecule has 0 aliphatic heterocycles. The number of esters is 1. The Bertz CT molecular complexity index is 534. The minimum absolute atomic E-state index is 0.134. The van der Waals surface area contributed by atoms with E-state index in [0.717, 1.165) is 12.8 Å². The molecule has 1 aromatic heterocycles. The topological polar surface area (TPSA) is 73.2 Å². The van der Waals surface area contributed by atoms with Crippen molar-refractivity contribution < 1.29 is 14.3 Å². The number of nitrogens with zero attached hydrogens (tertiary/aromatic N) is 2. The van der Waals surface area contributed by atoms with Crippen LogP contribution in [0.4, 0.5) is 5.82 Å². The molecule has 20 heavy (non-hydrogen) atoms. The van der Waals surface area contributed by atoms with Gasteiger partial charge >= 0.3 is 5.97 Å². The van der Waals surface area contributed by atoms with Gasteiger partial charge in [0.1, 0.15) is 5.56 Å². The first-order chi connectivity index (χ1) is 9.60. The van der Waals surface area contributed by atoms with Crippen molar-refractivity contribution in [1.29, 1.82) is 0 Å². The van der Waals surface area contributed by atoms with Crippen LogP contribution < -0.4 is 5.32 Å². The predicted octanol–water partition coefficient (Wildman–Crippen LogP) is 1.89. The highest BCUT2D eigenvalue weighted by molar-refractivity contribution is 6.00. The van der Waals surface area contributed by atoms with E-state index in [0.29, 0.717) is 6.42 Å². The average molecular weight is 277 g/mol. The molecule has 0 radical (unpaired) electrons. The van der Waals surface area contributed by atoms with Gasteiger partial charge in [-0.1, -0.05) is 12.2 Å². The third-order valence-corrected chi connectivity index (χ3v) is 3.14. The molecule has 0 saturated carbocycles. The third-order valence-electron chi connectivity index (χ3n) is 3.14. The Morgan fingerprint density at radius 3 is 3.00 bits per heavy atom. The Labute approximate surface area is 117 Å². The SMILES string of the molecule is CCOC(=O)c1cn(C)nc1NC(=O)C[C@@H]1C=CCC1. The van der Waals surface area contributed by atoms with Crippen LogP contribution in [0.3, 0.4) is 0 Å².